The van der Waals surface area contributed by atoms with E-state index < -0.39 is 72.8 Å². The van der Waals surface area contributed by atoms with Crippen LogP contribution in [0.1, 0.15) is 39.5 Å². The Bertz CT molecular complexity index is 713. The van der Waals surface area contributed by atoms with Gasteiger partial charge in [0.25, 0.3) is 0 Å². The molecule has 0 aromatic rings. The average molecular weight is 461 g/mol. The van der Waals surface area contributed by atoms with Gasteiger partial charge < -0.3 is 42.7 Å². The summed E-state index contributed by atoms with van der Waals surface area (Å²) in [7, 11) is 0. The summed E-state index contributed by atoms with van der Waals surface area (Å²) in [4.78, 5) is 69.9. The molecule has 4 unspecified atom stereocenters. The predicted molar refractivity (Wildman–Crippen MR) is 109 cm³/mol. The van der Waals surface area contributed by atoms with Crippen molar-refractivity contribution in [3.05, 3.63) is 0 Å². The van der Waals surface area contributed by atoms with Crippen LogP contribution in [0.3, 0.4) is 0 Å². The van der Waals surface area contributed by atoms with Crippen LogP contribution in [0, 0.1) is 5.92 Å². The van der Waals surface area contributed by atoms with Gasteiger partial charge in [-0.05, 0) is 18.8 Å². The number of rotatable bonds is 15. The summed E-state index contributed by atoms with van der Waals surface area (Å²) in [6.45, 7) is 2.60. The highest BCUT2D eigenvalue weighted by atomic mass is 16.4. The van der Waals surface area contributed by atoms with Crippen LogP contribution >= 0.6 is 0 Å². The number of aliphatic hydroxyl groups excluding tert-OH is 1. The van der Waals surface area contributed by atoms with E-state index in [4.69, 9.17) is 21.7 Å². The van der Waals surface area contributed by atoms with Crippen molar-refractivity contribution in [1.29, 1.82) is 0 Å². The van der Waals surface area contributed by atoms with Crippen LogP contribution in [-0.4, -0.2) is 81.7 Å². The Balaban J connectivity index is 5.25. The van der Waals surface area contributed by atoms with Gasteiger partial charge in [-0.1, -0.05) is 13.8 Å². The number of carboxylic acids is 2. The standard InChI is InChI=1S/C18H31N5O9/c1-8(2)5-11(22-15(28)9(19)6-14(26)27)16(29)23-12(7-24)17(30)21-10(18(31)32)3-4-13(20)25/h8-12,24H,3-7,19H2,1-2H3,(H2,20,25)(H,21,30)(H,22,28)(H,23,29)(H,26,27)(H,31,32). The van der Waals surface area contributed by atoms with Crippen molar-refractivity contribution in [2.24, 2.45) is 17.4 Å². The molecule has 14 heteroatoms. The number of aliphatic hydroxyl groups is 1. The number of carbonyl (C=O) groups is 6. The number of aliphatic carboxylic acids is 2. The van der Waals surface area contributed by atoms with E-state index in [0.29, 0.717) is 0 Å². The molecule has 0 spiro atoms. The zero-order chi connectivity index (χ0) is 25.0. The van der Waals surface area contributed by atoms with Crippen LogP contribution in [0.5, 0.6) is 0 Å². The third-order valence-corrected chi connectivity index (χ3v) is 4.18. The molecule has 4 amide bonds. The lowest BCUT2D eigenvalue weighted by atomic mass is 10.0. The number of hydrogen-bond acceptors (Lipinski definition) is 8. The summed E-state index contributed by atoms with van der Waals surface area (Å²) in [5, 5.41) is 34.0. The lowest BCUT2D eigenvalue weighted by Gasteiger charge is -2.25. The summed E-state index contributed by atoms with van der Waals surface area (Å²) < 4.78 is 0. The molecule has 0 radical (unpaired) electrons. The molecule has 0 heterocycles. The molecular formula is C18H31N5O9. The van der Waals surface area contributed by atoms with E-state index in [9.17, 15) is 33.9 Å². The second-order valence-corrected chi connectivity index (χ2v) is 7.54. The first-order valence-electron chi connectivity index (χ1n) is 9.78. The predicted octanol–water partition coefficient (Wildman–Crippen LogP) is -3.37. The highest BCUT2D eigenvalue weighted by Crippen LogP contribution is 2.07. The van der Waals surface area contributed by atoms with E-state index in [1.54, 1.807) is 13.8 Å². The van der Waals surface area contributed by atoms with Gasteiger partial charge in [-0.15, -0.1) is 0 Å². The minimum atomic E-state index is -1.56. The van der Waals surface area contributed by atoms with Gasteiger partial charge in [0.15, 0.2) is 0 Å². The normalized spacial score (nSPS) is 14.5. The molecule has 0 aromatic carbocycles. The van der Waals surface area contributed by atoms with Gasteiger partial charge in [0, 0.05) is 6.42 Å². The number of amides is 4. The average Bonchev–Trinajstić information content (AvgIpc) is 2.66. The highest BCUT2D eigenvalue weighted by molar-refractivity contribution is 5.94. The Hall–Kier alpha value is -3.26. The highest BCUT2D eigenvalue weighted by Gasteiger charge is 2.30. The largest absolute Gasteiger partial charge is 0.481 e. The summed E-state index contributed by atoms with van der Waals surface area (Å²) >= 11 is 0. The number of primary amides is 1. The van der Waals surface area contributed by atoms with E-state index in [2.05, 4.69) is 16.0 Å². The second-order valence-electron chi connectivity index (χ2n) is 7.54. The molecule has 0 rings (SSSR count). The van der Waals surface area contributed by atoms with Crippen molar-refractivity contribution in [2.75, 3.05) is 6.61 Å². The molecule has 0 saturated carbocycles. The Morgan fingerprint density at radius 3 is 1.78 bits per heavy atom. The topological polar surface area (TPSA) is 251 Å². The summed E-state index contributed by atoms with van der Waals surface area (Å²) in [6.07, 6.45) is -1.17. The van der Waals surface area contributed by atoms with Crippen molar-refractivity contribution in [3.8, 4) is 0 Å². The quantitative estimate of drug-likeness (QED) is 0.120. The van der Waals surface area contributed by atoms with Gasteiger partial charge in [-0.3, -0.25) is 24.0 Å². The molecule has 14 nitrogen and oxygen atoms in total. The van der Waals surface area contributed by atoms with E-state index in [-0.39, 0.29) is 25.2 Å². The lowest BCUT2D eigenvalue weighted by molar-refractivity contribution is -0.143. The Morgan fingerprint density at radius 2 is 1.34 bits per heavy atom. The molecule has 0 aliphatic rings. The van der Waals surface area contributed by atoms with E-state index in [1.165, 1.54) is 0 Å². The van der Waals surface area contributed by atoms with Crippen LogP contribution in [-0.2, 0) is 28.8 Å². The Morgan fingerprint density at radius 1 is 0.844 bits per heavy atom. The molecule has 0 aliphatic heterocycles. The lowest BCUT2D eigenvalue weighted by Crippen LogP contribution is -2.58. The van der Waals surface area contributed by atoms with Gasteiger partial charge in [0.05, 0.1) is 19.1 Å². The van der Waals surface area contributed by atoms with E-state index in [1.807, 2.05) is 0 Å². The number of carbonyl (C=O) groups excluding carboxylic acids is 4. The third kappa shape index (κ3) is 11.2. The molecule has 0 fully saturated rings. The molecule has 0 bridgehead atoms. The SMILES string of the molecule is CC(C)CC(NC(=O)C(N)CC(=O)O)C(=O)NC(CO)C(=O)NC(CCC(N)=O)C(=O)O. The monoisotopic (exact) mass is 461 g/mol. The number of hydrogen-bond donors (Lipinski definition) is 8. The maximum absolute atomic E-state index is 12.6. The number of nitrogens with one attached hydrogen (secondary N) is 3. The van der Waals surface area contributed by atoms with E-state index >= 15 is 0 Å². The molecule has 4 atom stereocenters. The third-order valence-electron chi connectivity index (χ3n) is 4.18. The van der Waals surface area contributed by atoms with Gasteiger partial charge >= 0.3 is 11.9 Å². The first-order valence-corrected chi connectivity index (χ1v) is 9.78. The summed E-state index contributed by atoms with van der Waals surface area (Å²) in [5.41, 5.74) is 10.5. The minimum Gasteiger partial charge on any atom is -0.481 e. The van der Waals surface area contributed by atoms with Crippen LogP contribution < -0.4 is 27.4 Å². The fraction of sp³-hybridized carbons (Fsp3) is 0.667. The Labute approximate surface area is 184 Å². The van der Waals surface area contributed by atoms with Crippen LogP contribution in [0.25, 0.3) is 0 Å². The maximum atomic E-state index is 12.6. The zero-order valence-corrected chi connectivity index (χ0v) is 17.9. The van der Waals surface area contributed by atoms with Crippen molar-refractivity contribution in [3.63, 3.8) is 0 Å². The van der Waals surface area contributed by atoms with Crippen LogP contribution in [0.15, 0.2) is 0 Å². The van der Waals surface area contributed by atoms with Gasteiger partial charge in [-0.25, -0.2) is 4.79 Å². The van der Waals surface area contributed by atoms with Gasteiger partial charge in [0.1, 0.15) is 18.1 Å². The first-order chi connectivity index (χ1) is 14.8. The van der Waals surface area contributed by atoms with Crippen molar-refractivity contribution in [2.45, 2.75) is 63.7 Å². The van der Waals surface area contributed by atoms with Gasteiger partial charge in [0.2, 0.25) is 23.6 Å². The molecule has 0 saturated heterocycles. The number of nitrogens with two attached hydrogens (primary N) is 2. The van der Waals surface area contributed by atoms with E-state index in [0.717, 1.165) is 0 Å². The van der Waals surface area contributed by atoms with Crippen LogP contribution in [0.4, 0.5) is 0 Å². The zero-order valence-electron chi connectivity index (χ0n) is 17.9. The van der Waals surface area contributed by atoms with Gasteiger partial charge in [-0.2, -0.15) is 0 Å². The number of carboxylic acid groups (broad SMARTS) is 2. The first kappa shape index (κ1) is 28.7. The minimum absolute atomic E-state index is 0.103. The fourth-order valence-corrected chi connectivity index (χ4v) is 2.55. The molecule has 0 aromatic heterocycles. The molecule has 32 heavy (non-hydrogen) atoms. The molecule has 182 valence electrons. The maximum Gasteiger partial charge on any atom is 0.326 e. The molecule has 0 aliphatic carbocycles. The van der Waals surface area contributed by atoms with Crippen molar-refractivity contribution < 1.29 is 44.1 Å². The van der Waals surface area contributed by atoms with Crippen molar-refractivity contribution >= 4 is 35.6 Å². The fourth-order valence-electron chi connectivity index (χ4n) is 2.55. The smallest absolute Gasteiger partial charge is 0.326 e. The second kappa shape index (κ2) is 13.9. The van der Waals surface area contributed by atoms with Crippen molar-refractivity contribution in [1.82, 2.24) is 16.0 Å². The summed E-state index contributed by atoms with van der Waals surface area (Å²) in [6, 6.07) is -5.65. The summed E-state index contributed by atoms with van der Waals surface area (Å²) in [5.74, 6) is -6.42. The molecular weight excluding hydrogens is 430 g/mol. The van der Waals surface area contributed by atoms with Crippen LogP contribution in [0.2, 0.25) is 0 Å². The molecule has 10 N–H and O–H groups in total. The Kier molecular flexibility index (Phi) is 12.5.